The van der Waals surface area contributed by atoms with Crippen molar-refractivity contribution in [1.29, 1.82) is 0 Å². The van der Waals surface area contributed by atoms with Crippen molar-refractivity contribution in [2.75, 3.05) is 14.2 Å². The molecule has 0 spiro atoms. The molecule has 0 aliphatic rings. The van der Waals surface area contributed by atoms with Gasteiger partial charge in [0.25, 0.3) is 6.33 Å². The lowest BCUT2D eigenvalue weighted by Gasteiger charge is -2.08. The summed E-state index contributed by atoms with van der Waals surface area (Å²) in [5.41, 5.74) is 3.55. The number of rotatable bonds is 6. The Morgan fingerprint density at radius 1 is 1.00 bits per heavy atom. The van der Waals surface area contributed by atoms with Gasteiger partial charge >= 0.3 is 0 Å². The van der Waals surface area contributed by atoms with Gasteiger partial charge in [0.15, 0.2) is 23.7 Å². The van der Waals surface area contributed by atoms with Crippen molar-refractivity contribution in [3.8, 4) is 22.8 Å². The normalized spacial score (nSPS) is 10.4. The molecule has 0 unspecified atom stereocenters. The molecule has 2 aromatic carbocycles. The molecule has 132 valence electrons. The van der Waals surface area contributed by atoms with E-state index in [0.29, 0.717) is 17.1 Å². The molecular formula is C21H21N2O3+. The van der Waals surface area contributed by atoms with Gasteiger partial charge in [-0.2, -0.15) is 0 Å². The minimum absolute atomic E-state index is 0.0515. The zero-order valence-corrected chi connectivity index (χ0v) is 15.1. The lowest BCUT2D eigenvalue weighted by molar-refractivity contribution is -0.686. The van der Waals surface area contributed by atoms with Crippen LogP contribution in [0.2, 0.25) is 0 Å². The van der Waals surface area contributed by atoms with Gasteiger partial charge in [0.2, 0.25) is 5.78 Å². The van der Waals surface area contributed by atoms with Gasteiger partial charge in [-0.05, 0) is 30.1 Å². The van der Waals surface area contributed by atoms with Crippen molar-refractivity contribution in [2.45, 2.75) is 13.5 Å². The average Bonchev–Trinajstić information content (AvgIpc) is 2.68. The largest absolute Gasteiger partial charge is 0.493 e. The lowest BCUT2D eigenvalue weighted by atomic mass is 10.1. The van der Waals surface area contributed by atoms with Gasteiger partial charge in [-0.25, -0.2) is 4.57 Å². The second-order valence-electron chi connectivity index (χ2n) is 5.98. The number of ether oxygens (including phenoxy) is 2. The molecule has 5 nitrogen and oxygen atoms in total. The van der Waals surface area contributed by atoms with E-state index in [4.69, 9.17) is 9.47 Å². The quantitative estimate of drug-likeness (QED) is 0.506. The Balaban J connectivity index is 1.76. The van der Waals surface area contributed by atoms with Crippen LogP contribution in [0.4, 0.5) is 0 Å². The highest BCUT2D eigenvalue weighted by Crippen LogP contribution is 2.31. The molecule has 0 saturated carbocycles. The van der Waals surface area contributed by atoms with E-state index in [1.165, 1.54) is 0 Å². The summed E-state index contributed by atoms with van der Waals surface area (Å²) in [6, 6.07) is 15.1. The van der Waals surface area contributed by atoms with Gasteiger partial charge in [0.1, 0.15) is 0 Å². The number of aryl methyl sites for hydroxylation is 1. The summed E-state index contributed by atoms with van der Waals surface area (Å²) in [4.78, 5) is 16.8. The lowest BCUT2D eigenvalue weighted by Crippen LogP contribution is -2.37. The van der Waals surface area contributed by atoms with Crippen molar-refractivity contribution in [1.82, 2.24) is 4.98 Å². The number of methoxy groups -OCH3 is 2. The number of hydrogen-bond donors (Lipinski definition) is 0. The predicted octanol–water partition coefficient (Wildman–Crippen LogP) is 3.24. The maximum Gasteiger partial charge on any atom is 0.287 e. The molecule has 0 saturated heterocycles. The molecule has 5 heteroatoms. The fourth-order valence-electron chi connectivity index (χ4n) is 2.64. The van der Waals surface area contributed by atoms with Crippen LogP contribution in [0.3, 0.4) is 0 Å². The van der Waals surface area contributed by atoms with Crippen molar-refractivity contribution in [3.05, 3.63) is 72.2 Å². The molecule has 1 heterocycles. The molecule has 0 bridgehead atoms. The third-order valence-corrected chi connectivity index (χ3v) is 4.15. The third kappa shape index (κ3) is 3.88. The summed E-state index contributed by atoms with van der Waals surface area (Å²) in [6.07, 6.45) is 3.52. The third-order valence-electron chi connectivity index (χ3n) is 4.15. The maximum absolute atomic E-state index is 12.4. The Bertz CT molecular complexity index is 904. The number of ketones is 1. The Labute approximate surface area is 152 Å². The predicted molar refractivity (Wildman–Crippen MR) is 98.5 cm³/mol. The van der Waals surface area contributed by atoms with E-state index in [9.17, 15) is 4.79 Å². The maximum atomic E-state index is 12.4. The van der Waals surface area contributed by atoms with Crippen LogP contribution in [-0.2, 0) is 6.54 Å². The SMILES string of the molecule is COc1ccc(-c2cc[n+](CC(=O)c3ccc(C)cc3)cn2)cc1OC. The van der Waals surface area contributed by atoms with Crippen LogP contribution in [0.5, 0.6) is 11.5 Å². The highest BCUT2D eigenvalue weighted by atomic mass is 16.5. The van der Waals surface area contributed by atoms with Crippen LogP contribution >= 0.6 is 0 Å². The summed E-state index contributed by atoms with van der Waals surface area (Å²) in [7, 11) is 3.21. The Morgan fingerprint density at radius 2 is 1.73 bits per heavy atom. The van der Waals surface area contributed by atoms with E-state index in [-0.39, 0.29) is 12.3 Å². The van der Waals surface area contributed by atoms with E-state index in [1.807, 2.05) is 61.7 Å². The van der Waals surface area contributed by atoms with Gasteiger partial charge in [-0.15, -0.1) is 0 Å². The number of carbonyl (C=O) groups is 1. The molecular weight excluding hydrogens is 328 g/mol. The number of benzene rings is 2. The minimum Gasteiger partial charge on any atom is -0.493 e. The first kappa shape index (κ1) is 17.6. The standard InChI is InChI=1S/C21H21N2O3/c1-15-4-6-16(7-5-15)19(24)13-23-11-10-18(22-14-23)17-8-9-20(25-2)21(12-17)26-3/h4-12,14H,13H2,1-3H3/q+1. The number of aromatic nitrogens is 2. The second kappa shape index (κ2) is 7.78. The van der Waals surface area contributed by atoms with Crippen LogP contribution < -0.4 is 14.0 Å². The molecule has 1 aromatic heterocycles. The second-order valence-corrected chi connectivity index (χ2v) is 5.98. The Morgan fingerprint density at radius 3 is 2.35 bits per heavy atom. The molecule has 0 aliphatic heterocycles. The highest BCUT2D eigenvalue weighted by molar-refractivity contribution is 5.95. The minimum atomic E-state index is 0.0515. The van der Waals surface area contributed by atoms with Gasteiger partial charge in [0, 0.05) is 17.2 Å². The zero-order chi connectivity index (χ0) is 18.5. The van der Waals surface area contributed by atoms with Gasteiger partial charge in [-0.1, -0.05) is 29.8 Å². The Hall–Kier alpha value is -3.21. The average molecular weight is 349 g/mol. The molecule has 26 heavy (non-hydrogen) atoms. The van der Waals surface area contributed by atoms with Crippen LogP contribution in [0.15, 0.2) is 61.1 Å². The van der Waals surface area contributed by atoms with E-state index in [0.717, 1.165) is 16.8 Å². The van der Waals surface area contributed by atoms with E-state index in [2.05, 4.69) is 4.98 Å². The van der Waals surface area contributed by atoms with Gasteiger partial charge < -0.3 is 9.47 Å². The Kier molecular flexibility index (Phi) is 5.27. The highest BCUT2D eigenvalue weighted by Gasteiger charge is 2.13. The molecule has 0 N–H and O–H groups in total. The van der Waals surface area contributed by atoms with Gasteiger partial charge in [0.05, 0.1) is 20.4 Å². The van der Waals surface area contributed by atoms with E-state index < -0.39 is 0 Å². The number of Topliss-reactive ketones (excluding diaryl/α,β-unsaturated/α-hetero) is 1. The van der Waals surface area contributed by atoms with Crippen LogP contribution in [0.1, 0.15) is 15.9 Å². The molecule has 0 atom stereocenters. The molecule has 0 radical (unpaired) electrons. The fourth-order valence-corrected chi connectivity index (χ4v) is 2.64. The van der Waals surface area contributed by atoms with Crippen molar-refractivity contribution < 1.29 is 18.8 Å². The van der Waals surface area contributed by atoms with Crippen molar-refractivity contribution >= 4 is 5.78 Å². The molecule has 0 amide bonds. The van der Waals surface area contributed by atoms with E-state index in [1.54, 1.807) is 25.1 Å². The first-order chi connectivity index (χ1) is 12.6. The van der Waals surface area contributed by atoms with Crippen molar-refractivity contribution in [3.63, 3.8) is 0 Å². The summed E-state index contributed by atoms with van der Waals surface area (Å²) < 4.78 is 12.4. The van der Waals surface area contributed by atoms with Gasteiger partial charge in [-0.3, -0.25) is 4.79 Å². The number of carbonyl (C=O) groups excluding carboxylic acids is 1. The monoisotopic (exact) mass is 349 g/mol. The smallest absolute Gasteiger partial charge is 0.287 e. The first-order valence-electron chi connectivity index (χ1n) is 8.28. The van der Waals surface area contributed by atoms with Crippen LogP contribution in [0.25, 0.3) is 11.3 Å². The van der Waals surface area contributed by atoms with E-state index >= 15 is 0 Å². The fraction of sp³-hybridized carbons (Fsp3) is 0.190. The first-order valence-corrected chi connectivity index (χ1v) is 8.28. The summed E-state index contributed by atoms with van der Waals surface area (Å²) in [5, 5.41) is 0. The number of hydrogen-bond acceptors (Lipinski definition) is 4. The summed E-state index contributed by atoms with van der Waals surface area (Å²) >= 11 is 0. The zero-order valence-electron chi connectivity index (χ0n) is 15.1. The molecule has 3 rings (SSSR count). The molecule has 0 fully saturated rings. The summed E-state index contributed by atoms with van der Waals surface area (Å²) in [5.74, 6) is 1.37. The topological polar surface area (TPSA) is 52.3 Å². The number of nitrogens with zero attached hydrogens (tertiary/aromatic N) is 2. The van der Waals surface area contributed by atoms with Crippen molar-refractivity contribution in [2.24, 2.45) is 0 Å². The van der Waals surface area contributed by atoms with Crippen LogP contribution in [-0.4, -0.2) is 25.0 Å². The molecule has 0 aliphatic carbocycles. The van der Waals surface area contributed by atoms with Crippen LogP contribution in [0, 0.1) is 6.92 Å². The molecule has 3 aromatic rings. The summed E-state index contributed by atoms with van der Waals surface area (Å²) in [6.45, 7) is 2.25.